The molecule has 0 radical (unpaired) electrons. The Labute approximate surface area is 172 Å². The highest BCUT2D eigenvalue weighted by molar-refractivity contribution is 7.15. The number of H-pyrrole nitrogens is 1. The fraction of sp³-hybridized carbons (Fsp3) is 0.350. The number of aromatic amines is 1. The van der Waals surface area contributed by atoms with Gasteiger partial charge in [0, 0.05) is 18.4 Å². The molecule has 3 aromatic rings. The lowest BCUT2D eigenvalue weighted by molar-refractivity contribution is 0.102. The van der Waals surface area contributed by atoms with Crippen molar-refractivity contribution in [2.45, 2.75) is 39.0 Å². The summed E-state index contributed by atoms with van der Waals surface area (Å²) in [6.07, 6.45) is 2.31. The molecule has 152 valence electrons. The molecule has 3 rings (SSSR count). The number of carbonyl (C=O) groups excluding carboxylic acids is 1. The molecule has 2 aromatic heterocycles. The molecule has 0 unspecified atom stereocenters. The number of nitrogens with zero attached hydrogens (tertiary/aromatic N) is 3. The van der Waals surface area contributed by atoms with Crippen LogP contribution >= 0.6 is 11.3 Å². The summed E-state index contributed by atoms with van der Waals surface area (Å²) in [7, 11) is 1.60. The third-order valence-electron chi connectivity index (χ3n) is 4.55. The van der Waals surface area contributed by atoms with Gasteiger partial charge in [0.15, 0.2) is 0 Å². The molecule has 1 amide bonds. The Morgan fingerprint density at radius 3 is 2.59 bits per heavy atom. The van der Waals surface area contributed by atoms with Crippen molar-refractivity contribution in [2.24, 2.45) is 0 Å². The zero-order valence-corrected chi connectivity index (χ0v) is 17.4. The van der Waals surface area contributed by atoms with Crippen molar-refractivity contribution in [3.63, 3.8) is 0 Å². The largest absolute Gasteiger partial charge is 0.497 e. The second-order valence-electron chi connectivity index (χ2n) is 6.52. The van der Waals surface area contributed by atoms with Gasteiger partial charge in [0.05, 0.1) is 7.11 Å². The quantitative estimate of drug-likeness (QED) is 0.586. The molecule has 2 N–H and O–H groups in total. The smallest absolute Gasteiger partial charge is 0.276 e. The summed E-state index contributed by atoms with van der Waals surface area (Å²) in [4.78, 5) is 31.6. The third kappa shape index (κ3) is 5.26. The van der Waals surface area contributed by atoms with Crippen LogP contribution in [0.3, 0.4) is 0 Å². The van der Waals surface area contributed by atoms with E-state index in [9.17, 15) is 9.59 Å². The topological polar surface area (TPSA) is 110 Å². The van der Waals surface area contributed by atoms with Crippen molar-refractivity contribution in [1.29, 1.82) is 0 Å². The van der Waals surface area contributed by atoms with Gasteiger partial charge < -0.3 is 9.72 Å². The van der Waals surface area contributed by atoms with Crippen molar-refractivity contribution >= 4 is 22.4 Å². The van der Waals surface area contributed by atoms with E-state index in [1.165, 1.54) is 17.4 Å². The number of amides is 1. The maximum absolute atomic E-state index is 12.6. The molecule has 0 spiro atoms. The highest BCUT2D eigenvalue weighted by atomic mass is 32.1. The van der Waals surface area contributed by atoms with Gasteiger partial charge in [-0.2, -0.15) is 0 Å². The number of aromatic nitrogens is 4. The molecular formula is C20H23N5O3S. The molecule has 0 fully saturated rings. The number of carbonyl (C=O) groups is 1. The van der Waals surface area contributed by atoms with Crippen LogP contribution in [0.15, 0.2) is 35.1 Å². The minimum absolute atomic E-state index is 0.0385. The first-order chi connectivity index (χ1) is 14.0. The lowest BCUT2D eigenvalue weighted by Gasteiger charge is -2.06. The summed E-state index contributed by atoms with van der Waals surface area (Å²) in [5, 5.41) is 12.2. The molecule has 0 atom stereocenters. The van der Waals surface area contributed by atoms with E-state index in [1.807, 2.05) is 24.3 Å². The van der Waals surface area contributed by atoms with Crippen molar-refractivity contribution in [1.82, 2.24) is 20.2 Å². The van der Waals surface area contributed by atoms with E-state index in [1.54, 1.807) is 7.11 Å². The Morgan fingerprint density at radius 2 is 1.93 bits per heavy atom. The normalized spacial score (nSPS) is 10.9. The average Bonchev–Trinajstić information content (AvgIpc) is 3.17. The van der Waals surface area contributed by atoms with Gasteiger partial charge >= 0.3 is 0 Å². The summed E-state index contributed by atoms with van der Waals surface area (Å²) in [5.41, 5.74) is 0.589. The van der Waals surface area contributed by atoms with Crippen LogP contribution in [0.5, 0.6) is 5.75 Å². The van der Waals surface area contributed by atoms with Crippen LogP contribution in [0.4, 0.5) is 5.13 Å². The van der Waals surface area contributed by atoms with E-state index in [4.69, 9.17) is 4.74 Å². The predicted octanol–water partition coefficient (Wildman–Crippen LogP) is 3.38. The van der Waals surface area contributed by atoms with Gasteiger partial charge in [0.2, 0.25) is 5.13 Å². The first-order valence-corrected chi connectivity index (χ1v) is 10.2. The molecule has 8 nitrogen and oxygen atoms in total. The minimum atomic E-state index is -0.487. The van der Waals surface area contributed by atoms with Crippen molar-refractivity contribution in [3.05, 3.63) is 62.8 Å². The van der Waals surface area contributed by atoms with Crippen LogP contribution < -0.4 is 15.6 Å². The number of hydrogen-bond donors (Lipinski definition) is 2. The third-order valence-corrected chi connectivity index (χ3v) is 5.55. The first-order valence-electron chi connectivity index (χ1n) is 9.40. The van der Waals surface area contributed by atoms with E-state index < -0.39 is 5.91 Å². The van der Waals surface area contributed by atoms with Crippen molar-refractivity contribution in [2.75, 3.05) is 12.4 Å². The summed E-state index contributed by atoms with van der Waals surface area (Å²) in [6.45, 7) is 4.19. The molecule has 0 bridgehead atoms. The molecular weight excluding hydrogens is 390 g/mol. The molecule has 0 saturated carbocycles. The van der Waals surface area contributed by atoms with E-state index in [0.29, 0.717) is 23.3 Å². The molecule has 0 aliphatic heterocycles. The van der Waals surface area contributed by atoms with Crippen LogP contribution in [0.25, 0.3) is 0 Å². The maximum atomic E-state index is 12.6. The monoisotopic (exact) mass is 413 g/mol. The summed E-state index contributed by atoms with van der Waals surface area (Å²) < 4.78 is 5.14. The molecule has 0 saturated heterocycles. The molecule has 1 aromatic carbocycles. The summed E-state index contributed by atoms with van der Waals surface area (Å²) in [5.74, 6) is 0.988. The van der Waals surface area contributed by atoms with Gasteiger partial charge in [0.25, 0.3) is 11.5 Å². The lowest BCUT2D eigenvalue weighted by atomic mass is 10.1. The van der Waals surface area contributed by atoms with Crippen LogP contribution in [-0.2, 0) is 6.42 Å². The van der Waals surface area contributed by atoms with Gasteiger partial charge in [0.1, 0.15) is 22.3 Å². The average molecular weight is 414 g/mol. The molecule has 0 aliphatic rings. The van der Waals surface area contributed by atoms with Crippen LogP contribution in [0, 0.1) is 0 Å². The van der Waals surface area contributed by atoms with Crippen molar-refractivity contribution < 1.29 is 9.53 Å². The minimum Gasteiger partial charge on any atom is -0.497 e. The van der Waals surface area contributed by atoms with Gasteiger partial charge in [-0.15, -0.1) is 10.2 Å². The standard InChI is InChI=1S/C20H23N5O3S/c1-4-13(5-2)19-24-25-20(29-19)23-18(27)15-11-17(26)22-16(21-15)10-12-6-8-14(28-3)9-7-12/h6-9,11,13H,4-5,10H2,1-3H3,(H,21,22,26)(H,23,25,27). The van der Waals surface area contributed by atoms with E-state index in [-0.39, 0.29) is 11.3 Å². The highest BCUT2D eigenvalue weighted by Gasteiger charge is 2.17. The van der Waals surface area contributed by atoms with Crippen LogP contribution in [-0.4, -0.2) is 33.2 Å². The molecule has 2 heterocycles. The second-order valence-corrected chi connectivity index (χ2v) is 7.52. The van der Waals surface area contributed by atoms with E-state index >= 15 is 0 Å². The number of ether oxygens (including phenoxy) is 1. The van der Waals surface area contributed by atoms with Gasteiger partial charge in [-0.05, 0) is 30.5 Å². The molecule has 9 heteroatoms. The Morgan fingerprint density at radius 1 is 1.21 bits per heavy atom. The summed E-state index contributed by atoms with van der Waals surface area (Å²) in [6, 6.07) is 8.60. The second kappa shape index (κ2) is 9.42. The highest BCUT2D eigenvalue weighted by Crippen LogP contribution is 2.28. The number of methoxy groups -OCH3 is 1. The zero-order valence-electron chi connectivity index (χ0n) is 16.6. The lowest BCUT2D eigenvalue weighted by Crippen LogP contribution is -2.20. The van der Waals surface area contributed by atoms with E-state index in [2.05, 4.69) is 39.3 Å². The number of benzene rings is 1. The fourth-order valence-corrected chi connectivity index (χ4v) is 3.90. The molecule has 29 heavy (non-hydrogen) atoms. The SMILES string of the molecule is CCC(CC)c1nnc(NC(=O)c2cc(=O)[nH]c(Cc3ccc(OC)cc3)n2)s1. The van der Waals surface area contributed by atoms with Gasteiger partial charge in [-0.1, -0.05) is 37.3 Å². The Balaban J connectivity index is 1.74. The fourth-order valence-electron chi connectivity index (χ4n) is 2.89. The number of rotatable bonds is 8. The zero-order chi connectivity index (χ0) is 20.8. The number of hydrogen-bond acceptors (Lipinski definition) is 7. The van der Waals surface area contributed by atoms with Gasteiger partial charge in [-0.25, -0.2) is 4.98 Å². The van der Waals surface area contributed by atoms with Gasteiger partial charge in [-0.3, -0.25) is 14.9 Å². The Kier molecular flexibility index (Phi) is 6.71. The number of anilines is 1. The molecule has 0 aliphatic carbocycles. The Bertz CT molecular complexity index is 1030. The van der Waals surface area contributed by atoms with E-state index in [0.717, 1.165) is 29.2 Å². The first kappa shape index (κ1) is 20.7. The van der Waals surface area contributed by atoms with Crippen LogP contribution in [0.2, 0.25) is 0 Å². The Hall–Kier alpha value is -3.07. The summed E-state index contributed by atoms with van der Waals surface area (Å²) >= 11 is 1.35. The van der Waals surface area contributed by atoms with Crippen molar-refractivity contribution in [3.8, 4) is 5.75 Å². The van der Waals surface area contributed by atoms with Crippen LogP contribution in [0.1, 0.15) is 59.5 Å². The predicted molar refractivity (Wildman–Crippen MR) is 112 cm³/mol. The number of nitrogens with one attached hydrogen (secondary N) is 2. The maximum Gasteiger partial charge on any atom is 0.276 e.